The smallest absolute Gasteiger partial charge is 0.162 e. The van der Waals surface area contributed by atoms with Crippen molar-refractivity contribution in [2.75, 3.05) is 32.1 Å². The molecule has 1 unspecified atom stereocenters. The van der Waals surface area contributed by atoms with Crippen LogP contribution in [0.15, 0.2) is 53.6 Å². The van der Waals surface area contributed by atoms with Crippen molar-refractivity contribution in [3.05, 3.63) is 60.5 Å². The third kappa shape index (κ3) is 5.19. The van der Waals surface area contributed by atoms with Crippen LogP contribution in [0.4, 0.5) is 11.5 Å². The number of hydrogen-bond donors (Lipinski definition) is 2. The minimum absolute atomic E-state index is 0.173. The summed E-state index contributed by atoms with van der Waals surface area (Å²) in [5.74, 6) is 2.46. The molecule has 0 saturated carbocycles. The highest BCUT2D eigenvalue weighted by Gasteiger charge is 2.18. The molecule has 0 radical (unpaired) electrons. The molecule has 0 aliphatic heterocycles. The molecule has 176 valence electrons. The van der Waals surface area contributed by atoms with Crippen LogP contribution in [0, 0.1) is 13.8 Å². The lowest BCUT2D eigenvalue weighted by Gasteiger charge is -2.19. The molecule has 0 aliphatic carbocycles. The number of nitrogens with zero attached hydrogens (tertiary/aromatic N) is 6. The molecular formula is C24H27N7O3. The SMILES string of the molecule is CNCC(O)COc1cccc(-c2nc(-c3c(C)noc3C)cc(N(C)c3cncnc3)n2)c1. The van der Waals surface area contributed by atoms with E-state index in [1.54, 1.807) is 19.4 Å². The monoisotopic (exact) mass is 461 g/mol. The highest BCUT2D eigenvalue weighted by atomic mass is 16.5. The first-order chi connectivity index (χ1) is 16.5. The van der Waals surface area contributed by atoms with Crippen molar-refractivity contribution in [2.24, 2.45) is 0 Å². The van der Waals surface area contributed by atoms with Crippen LogP contribution in [-0.4, -0.2) is 63.6 Å². The van der Waals surface area contributed by atoms with E-state index in [9.17, 15) is 5.11 Å². The molecule has 4 aromatic rings. The topological polar surface area (TPSA) is 122 Å². The Hall–Kier alpha value is -3.89. The maximum absolute atomic E-state index is 9.95. The van der Waals surface area contributed by atoms with Gasteiger partial charge in [0.25, 0.3) is 0 Å². The summed E-state index contributed by atoms with van der Waals surface area (Å²) in [4.78, 5) is 19.7. The van der Waals surface area contributed by atoms with Gasteiger partial charge >= 0.3 is 0 Å². The Morgan fingerprint density at radius 2 is 1.94 bits per heavy atom. The van der Waals surface area contributed by atoms with Gasteiger partial charge in [0, 0.05) is 25.2 Å². The minimum Gasteiger partial charge on any atom is -0.491 e. The van der Waals surface area contributed by atoms with E-state index in [4.69, 9.17) is 19.2 Å². The van der Waals surface area contributed by atoms with Gasteiger partial charge in [0.05, 0.1) is 35.0 Å². The second-order valence-electron chi connectivity index (χ2n) is 7.84. The van der Waals surface area contributed by atoms with Crippen LogP contribution in [0.1, 0.15) is 11.5 Å². The van der Waals surface area contributed by atoms with Crippen LogP contribution in [0.5, 0.6) is 5.75 Å². The minimum atomic E-state index is -0.610. The molecule has 10 nitrogen and oxygen atoms in total. The van der Waals surface area contributed by atoms with Gasteiger partial charge in [0.2, 0.25) is 0 Å². The normalized spacial score (nSPS) is 11.9. The van der Waals surface area contributed by atoms with Crippen molar-refractivity contribution in [2.45, 2.75) is 20.0 Å². The summed E-state index contributed by atoms with van der Waals surface area (Å²) in [7, 11) is 3.67. The van der Waals surface area contributed by atoms with Crippen LogP contribution in [-0.2, 0) is 0 Å². The molecule has 0 fully saturated rings. The molecule has 0 spiro atoms. The van der Waals surface area contributed by atoms with Crippen LogP contribution >= 0.6 is 0 Å². The van der Waals surface area contributed by atoms with Crippen molar-refractivity contribution >= 4 is 11.5 Å². The molecule has 3 heterocycles. The summed E-state index contributed by atoms with van der Waals surface area (Å²) < 4.78 is 11.2. The van der Waals surface area contributed by atoms with E-state index in [2.05, 4.69) is 20.4 Å². The third-order valence-corrected chi connectivity index (χ3v) is 5.25. The second-order valence-corrected chi connectivity index (χ2v) is 7.84. The number of aliphatic hydroxyl groups excluding tert-OH is 1. The van der Waals surface area contributed by atoms with E-state index in [0.717, 1.165) is 22.5 Å². The summed E-state index contributed by atoms with van der Waals surface area (Å²) in [6.07, 6.45) is 4.31. The maximum atomic E-state index is 9.95. The Morgan fingerprint density at radius 1 is 1.15 bits per heavy atom. The molecule has 10 heteroatoms. The van der Waals surface area contributed by atoms with Gasteiger partial charge in [-0.05, 0) is 33.0 Å². The zero-order chi connectivity index (χ0) is 24.1. The maximum Gasteiger partial charge on any atom is 0.162 e. The number of aryl methyl sites for hydroxylation is 2. The Labute approximate surface area is 197 Å². The fourth-order valence-corrected chi connectivity index (χ4v) is 3.52. The lowest BCUT2D eigenvalue weighted by molar-refractivity contribution is 0.108. The highest BCUT2D eigenvalue weighted by molar-refractivity contribution is 5.72. The number of likely N-dealkylation sites (N-methyl/N-ethyl adjacent to an activating group) is 1. The molecule has 1 atom stereocenters. The summed E-state index contributed by atoms with van der Waals surface area (Å²) in [5, 5.41) is 17.0. The highest BCUT2D eigenvalue weighted by Crippen LogP contribution is 2.32. The molecule has 0 saturated heterocycles. The number of rotatable bonds is 9. The molecule has 4 rings (SSSR count). The molecule has 0 aliphatic rings. The first-order valence-electron chi connectivity index (χ1n) is 10.8. The standard InChI is InChI=1S/C24H27N7O3/c1-15-23(16(2)34-30-15)21-9-22(31(4)18-10-26-14-27-11-18)29-24(28-21)17-6-5-7-20(8-17)33-13-19(32)12-25-3/h5-11,14,19,25,32H,12-13H2,1-4H3. The quantitative estimate of drug-likeness (QED) is 0.385. The number of anilines is 2. The molecule has 3 aromatic heterocycles. The predicted molar refractivity (Wildman–Crippen MR) is 128 cm³/mol. The molecular weight excluding hydrogens is 434 g/mol. The van der Waals surface area contributed by atoms with Gasteiger partial charge in [-0.2, -0.15) is 0 Å². The van der Waals surface area contributed by atoms with Gasteiger partial charge in [0.15, 0.2) is 5.82 Å². The summed E-state index contributed by atoms with van der Waals surface area (Å²) in [5.41, 5.74) is 3.82. The van der Waals surface area contributed by atoms with Crippen LogP contribution < -0.4 is 15.0 Å². The first-order valence-corrected chi connectivity index (χ1v) is 10.8. The Balaban J connectivity index is 1.75. The van der Waals surface area contributed by atoms with E-state index in [0.29, 0.717) is 35.4 Å². The van der Waals surface area contributed by atoms with Gasteiger partial charge < -0.3 is 24.6 Å². The lowest BCUT2D eigenvalue weighted by atomic mass is 10.1. The molecule has 1 aromatic carbocycles. The van der Waals surface area contributed by atoms with Gasteiger partial charge in [-0.1, -0.05) is 17.3 Å². The van der Waals surface area contributed by atoms with Crippen molar-refractivity contribution in [3.8, 4) is 28.4 Å². The number of benzene rings is 1. The number of nitrogens with one attached hydrogen (secondary N) is 1. The second kappa shape index (κ2) is 10.4. The van der Waals surface area contributed by atoms with Gasteiger partial charge in [0.1, 0.15) is 36.4 Å². The van der Waals surface area contributed by atoms with E-state index in [1.165, 1.54) is 6.33 Å². The predicted octanol–water partition coefficient (Wildman–Crippen LogP) is 2.93. The molecule has 0 bridgehead atoms. The number of aliphatic hydroxyl groups is 1. The number of ether oxygens (including phenoxy) is 1. The number of hydrogen-bond acceptors (Lipinski definition) is 10. The Morgan fingerprint density at radius 3 is 2.65 bits per heavy atom. The Bertz CT molecular complexity index is 1230. The van der Waals surface area contributed by atoms with Gasteiger partial charge in [-0.25, -0.2) is 19.9 Å². The number of aromatic nitrogens is 5. The van der Waals surface area contributed by atoms with Crippen molar-refractivity contribution in [3.63, 3.8) is 0 Å². The van der Waals surface area contributed by atoms with Crippen LogP contribution in [0.25, 0.3) is 22.6 Å². The van der Waals surface area contributed by atoms with Gasteiger partial charge in [-0.15, -0.1) is 0 Å². The van der Waals surface area contributed by atoms with E-state index < -0.39 is 6.10 Å². The first kappa shape index (κ1) is 23.3. The fraction of sp³-hybridized carbons (Fsp3) is 0.292. The van der Waals surface area contributed by atoms with Crippen molar-refractivity contribution in [1.82, 2.24) is 30.4 Å². The molecule has 0 amide bonds. The summed E-state index contributed by atoms with van der Waals surface area (Å²) in [6.45, 7) is 4.36. The van der Waals surface area contributed by atoms with Gasteiger partial charge in [-0.3, -0.25) is 0 Å². The lowest BCUT2D eigenvalue weighted by Crippen LogP contribution is -2.29. The Kier molecular flexibility index (Phi) is 7.09. The fourth-order valence-electron chi connectivity index (χ4n) is 3.52. The zero-order valence-electron chi connectivity index (χ0n) is 19.6. The average molecular weight is 462 g/mol. The largest absolute Gasteiger partial charge is 0.491 e. The summed E-state index contributed by atoms with van der Waals surface area (Å²) in [6, 6.07) is 9.36. The van der Waals surface area contributed by atoms with E-state index in [-0.39, 0.29) is 6.61 Å². The zero-order valence-corrected chi connectivity index (χ0v) is 19.6. The van der Waals surface area contributed by atoms with E-state index in [1.807, 2.05) is 56.1 Å². The van der Waals surface area contributed by atoms with Crippen LogP contribution in [0.3, 0.4) is 0 Å². The van der Waals surface area contributed by atoms with E-state index >= 15 is 0 Å². The van der Waals surface area contributed by atoms with Crippen molar-refractivity contribution < 1.29 is 14.4 Å². The molecule has 34 heavy (non-hydrogen) atoms. The summed E-state index contributed by atoms with van der Waals surface area (Å²) >= 11 is 0. The molecule has 2 N–H and O–H groups in total. The average Bonchev–Trinajstić information content (AvgIpc) is 3.20. The third-order valence-electron chi connectivity index (χ3n) is 5.25. The van der Waals surface area contributed by atoms with Crippen molar-refractivity contribution in [1.29, 1.82) is 0 Å². The van der Waals surface area contributed by atoms with Crippen LogP contribution in [0.2, 0.25) is 0 Å².